The van der Waals surface area contributed by atoms with Gasteiger partial charge in [0.15, 0.2) is 6.17 Å². The Morgan fingerprint density at radius 1 is 1.31 bits per heavy atom. The van der Waals surface area contributed by atoms with Crippen molar-refractivity contribution < 1.29 is 14.0 Å². The fourth-order valence-electron chi connectivity index (χ4n) is 0.916. The molecule has 0 aromatic carbocycles. The molecule has 4 nitrogen and oxygen atoms in total. The Labute approximate surface area is 75.6 Å². The van der Waals surface area contributed by atoms with Crippen LogP contribution in [0, 0.1) is 0 Å². The van der Waals surface area contributed by atoms with Gasteiger partial charge < -0.3 is 0 Å². The van der Waals surface area contributed by atoms with Gasteiger partial charge in [-0.1, -0.05) is 13.3 Å². The molecule has 0 radical (unpaired) electrons. The van der Waals surface area contributed by atoms with Crippen molar-refractivity contribution in [3.63, 3.8) is 0 Å². The van der Waals surface area contributed by atoms with Gasteiger partial charge in [0.1, 0.15) is 6.17 Å². The molecule has 0 heterocycles. The second-order valence-electron chi connectivity index (χ2n) is 2.54. The molecule has 0 fully saturated rings. The summed E-state index contributed by atoms with van der Waals surface area (Å²) in [5.74, 6) is 0. The first kappa shape index (κ1) is 11.7. The molecule has 0 rings (SSSR count). The Balaban J connectivity index is 4.08. The number of isocyanates is 2. The van der Waals surface area contributed by atoms with Crippen molar-refractivity contribution in [1.82, 2.24) is 0 Å². The predicted molar refractivity (Wildman–Crippen MR) is 44.5 cm³/mol. The Hall–Kier alpha value is -1.31. The lowest BCUT2D eigenvalue weighted by Crippen LogP contribution is -2.10. The lowest BCUT2D eigenvalue weighted by Gasteiger charge is -2.07. The smallest absolute Gasteiger partial charge is 0.237 e. The van der Waals surface area contributed by atoms with Crippen LogP contribution < -0.4 is 0 Å². The molecule has 0 aliphatic rings. The highest BCUT2D eigenvalue weighted by Crippen LogP contribution is 2.11. The van der Waals surface area contributed by atoms with Gasteiger partial charge in [0, 0.05) is 6.42 Å². The highest BCUT2D eigenvalue weighted by Gasteiger charge is 2.13. The molecular weight excluding hydrogens is 175 g/mol. The molecule has 0 aromatic rings. The van der Waals surface area contributed by atoms with Gasteiger partial charge >= 0.3 is 0 Å². The fraction of sp³-hybridized carbons (Fsp3) is 0.750. The average Bonchev–Trinajstić information content (AvgIpc) is 2.05. The number of nitrogens with zero attached hydrogens (tertiary/aromatic N) is 2. The molecule has 0 saturated carbocycles. The van der Waals surface area contributed by atoms with Gasteiger partial charge in [0.25, 0.3) is 0 Å². The summed E-state index contributed by atoms with van der Waals surface area (Å²) in [5, 5.41) is 0. The third-order valence-corrected chi connectivity index (χ3v) is 1.47. The van der Waals surface area contributed by atoms with E-state index in [0.29, 0.717) is 12.8 Å². The zero-order chi connectivity index (χ0) is 10.1. The third-order valence-electron chi connectivity index (χ3n) is 1.47. The van der Waals surface area contributed by atoms with Crippen LogP contribution in [0.2, 0.25) is 0 Å². The molecular formula is C8H11FN2O2. The molecule has 0 aliphatic carbocycles. The highest BCUT2D eigenvalue weighted by atomic mass is 19.1. The summed E-state index contributed by atoms with van der Waals surface area (Å²) in [4.78, 5) is 26.0. The first-order chi connectivity index (χ1) is 6.24. The standard InChI is InChI=1S/C8H11FN2O2/c1-2-3-7(9)4-8(10-5-12)11-6-13/h7-8H,2-4H2,1H3. The lowest BCUT2D eigenvalue weighted by atomic mass is 10.1. The lowest BCUT2D eigenvalue weighted by molar-refractivity contribution is 0.278. The van der Waals surface area contributed by atoms with Crippen molar-refractivity contribution in [2.75, 3.05) is 0 Å². The molecule has 0 N–H and O–H groups in total. The van der Waals surface area contributed by atoms with Crippen LogP contribution in [0.25, 0.3) is 0 Å². The third kappa shape index (κ3) is 5.91. The summed E-state index contributed by atoms with van der Waals surface area (Å²) in [6, 6.07) is 0. The maximum Gasteiger partial charge on any atom is 0.237 e. The molecule has 0 amide bonds. The van der Waals surface area contributed by atoms with E-state index in [9.17, 15) is 14.0 Å². The summed E-state index contributed by atoms with van der Waals surface area (Å²) < 4.78 is 12.9. The topological polar surface area (TPSA) is 58.9 Å². The minimum Gasteiger partial charge on any atom is -0.247 e. The van der Waals surface area contributed by atoms with Gasteiger partial charge in [0.05, 0.1) is 0 Å². The van der Waals surface area contributed by atoms with Crippen LogP contribution in [0.5, 0.6) is 0 Å². The van der Waals surface area contributed by atoms with Crippen LogP contribution in [-0.4, -0.2) is 24.5 Å². The van der Waals surface area contributed by atoms with E-state index < -0.39 is 12.3 Å². The largest absolute Gasteiger partial charge is 0.247 e. The van der Waals surface area contributed by atoms with Crippen molar-refractivity contribution in [3.05, 3.63) is 0 Å². The molecule has 0 saturated heterocycles. The monoisotopic (exact) mass is 186 g/mol. The molecule has 5 heteroatoms. The van der Waals surface area contributed by atoms with Gasteiger partial charge in [-0.2, -0.15) is 9.98 Å². The summed E-state index contributed by atoms with van der Waals surface area (Å²) in [6.07, 6.45) is 1.43. The first-order valence-electron chi connectivity index (χ1n) is 4.02. The average molecular weight is 186 g/mol. The van der Waals surface area contributed by atoms with E-state index >= 15 is 0 Å². The molecule has 1 unspecified atom stereocenters. The van der Waals surface area contributed by atoms with Gasteiger partial charge in [-0.3, -0.25) is 0 Å². The maximum absolute atomic E-state index is 12.9. The van der Waals surface area contributed by atoms with Crippen LogP contribution in [0.15, 0.2) is 9.98 Å². The Kier molecular flexibility index (Phi) is 6.60. The van der Waals surface area contributed by atoms with Crippen molar-refractivity contribution in [2.45, 2.75) is 38.5 Å². The van der Waals surface area contributed by atoms with E-state index in [1.807, 2.05) is 6.92 Å². The van der Waals surface area contributed by atoms with E-state index in [1.165, 1.54) is 12.2 Å². The Bertz CT molecular complexity index is 214. The summed E-state index contributed by atoms with van der Waals surface area (Å²) in [5.41, 5.74) is 0. The SMILES string of the molecule is CCCC(F)CC(N=C=O)N=C=O. The number of halogens is 1. The van der Waals surface area contributed by atoms with E-state index in [1.54, 1.807) is 0 Å². The summed E-state index contributed by atoms with van der Waals surface area (Å²) >= 11 is 0. The molecule has 72 valence electrons. The Morgan fingerprint density at radius 3 is 2.23 bits per heavy atom. The van der Waals surface area contributed by atoms with Crippen LogP contribution in [0.1, 0.15) is 26.2 Å². The number of hydrogen-bond acceptors (Lipinski definition) is 4. The zero-order valence-corrected chi connectivity index (χ0v) is 7.36. The van der Waals surface area contributed by atoms with Crippen LogP contribution in [0.3, 0.4) is 0 Å². The minimum atomic E-state index is -1.09. The number of hydrogen-bond donors (Lipinski definition) is 0. The highest BCUT2D eigenvalue weighted by molar-refractivity contribution is 5.36. The van der Waals surface area contributed by atoms with E-state index in [-0.39, 0.29) is 6.42 Å². The predicted octanol–water partition coefficient (Wildman–Crippen LogP) is 1.51. The van der Waals surface area contributed by atoms with Gasteiger partial charge in [-0.25, -0.2) is 14.0 Å². The summed E-state index contributed by atoms with van der Waals surface area (Å²) in [7, 11) is 0. The fourth-order valence-corrected chi connectivity index (χ4v) is 0.916. The quantitative estimate of drug-likeness (QED) is 0.466. The van der Waals surface area contributed by atoms with Crippen molar-refractivity contribution in [3.8, 4) is 0 Å². The normalized spacial score (nSPS) is 13.7. The number of alkyl halides is 1. The number of carbonyl (C=O) groups excluding carboxylic acids is 2. The van der Waals surface area contributed by atoms with Gasteiger partial charge in [-0.05, 0) is 6.42 Å². The van der Waals surface area contributed by atoms with Crippen LogP contribution >= 0.6 is 0 Å². The van der Waals surface area contributed by atoms with E-state index in [2.05, 4.69) is 9.98 Å². The molecule has 0 aromatic heterocycles. The number of rotatable bonds is 6. The second kappa shape index (κ2) is 7.35. The first-order valence-corrected chi connectivity index (χ1v) is 4.02. The molecule has 0 spiro atoms. The van der Waals surface area contributed by atoms with Gasteiger partial charge in [-0.15, -0.1) is 0 Å². The maximum atomic E-state index is 12.9. The zero-order valence-electron chi connectivity index (χ0n) is 7.36. The van der Waals surface area contributed by atoms with Crippen molar-refractivity contribution in [2.24, 2.45) is 9.98 Å². The van der Waals surface area contributed by atoms with Crippen LogP contribution in [-0.2, 0) is 9.59 Å². The minimum absolute atomic E-state index is 0.0572. The molecule has 0 aliphatic heterocycles. The Morgan fingerprint density at radius 2 is 1.85 bits per heavy atom. The molecule has 0 bridgehead atoms. The van der Waals surface area contributed by atoms with Crippen molar-refractivity contribution >= 4 is 12.2 Å². The number of aliphatic imine (C=N–C) groups is 2. The summed E-state index contributed by atoms with van der Waals surface area (Å²) in [6.45, 7) is 1.84. The van der Waals surface area contributed by atoms with E-state index in [0.717, 1.165) is 0 Å². The van der Waals surface area contributed by atoms with E-state index in [4.69, 9.17) is 0 Å². The van der Waals surface area contributed by atoms with Gasteiger partial charge in [0.2, 0.25) is 12.2 Å². The van der Waals surface area contributed by atoms with Crippen molar-refractivity contribution in [1.29, 1.82) is 0 Å². The molecule has 13 heavy (non-hydrogen) atoms. The van der Waals surface area contributed by atoms with Crippen LogP contribution in [0.4, 0.5) is 4.39 Å². The molecule has 1 atom stereocenters. The second-order valence-corrected chi connectivity index (χ2v) is 2.54.